The van der Waals surface area contributed by atoms with Gasteiger partial charge in [-0.1, -0.05) is 26.8 Å². The average molecular weight is 249 g/mol. The third-order valence-electron chi connectivity index (χ3n) is 3.18. The fourth-order valence-corrected chi connectivity index (χ4v) is 1.82. The van der Waals surface area contributed by atoms with Gasteiger partial charge in [-0.25, -0.2) is 0 Å². The lowest BCUT2D eigenvalue weighted by Crippen LogP contribution is -2.36. The number of rotatable bonds is 7. The molecule has 18 heavy (non-hydrogen) atoms. The minimum Gasteiger partial charge on any atom is -0.314 e. The molecule has 1 aromatic rings. The van der Waals surface area contributed by atoms with Gasteiger partial charge in [0.15, 0.2) is 0 Å². The molecule has 0 saturated carbocycles. The van der Waals surface area contributed by atoms with Crippen LogP contribution < -0.4 is 5.32 Å². The lowest BCUT2D eigenvalue weighted by Gasteiger charge is -2.26. The smallest absolute Gasteiger partial charge is 0.0633 e. The summed E-state index contributed by atoms with van der Waals surface area (Å²) in [6.45, 7) is 15.7. The largest absolute Gasteiger partial charge is 0.314 e. The maximum absolute atomic E-state index is 4.61. The summed E-state index contributed by atoms with van der Waals surface area (Å²) in [5.41, 5.74) is 1.19. The first-order valence-corrected chi connectivity index (χ1v) is 6.77. The zero-order valence-electron chi connectivity index (χ0n) is 12.4. The molecule has 1 rings (SSSR count). The predicted octanol–water partition coefficient (Wildman–Crippen LogP) is 3.20. The SMILES string of the molecule is C=CC(C)(CNC(C)C)Cc1ccn(C(C)C)n1. The van der Waals surface area contributed by atoms with E-state index in [1.165, 1.54) is 0 Å². The first-order chi connectivity index (χ1) is 8.36. The summed E-state index contributed by atoms with van der Waals surface area (Å²) in [6, 6.07) is 3.02. The maximum atomic E-state index is 4.61. The highest BCUT2D eigenvalue weighted by atomic mass is 15.3. The zero-order valence-corrected chi connectivity index (χ0v) is 12.4. The van der Waals surface area contributed by atoms with Gasteiger partial charge in [-0.15, -0.1) is 6.58 Å². The first-order valence-electron chi connectivity index (χ1n) is 6.77. The van der Waals surface area contributed by atoms with E-state index < -0.39 is 0 Å². The lowest BCUT2D eigenvalue weighted by atomic mass is 9.85. The second-order valence-electron chi connectivity index (χ2n) is 5.95. The van der Waals surface area contributed by atoms with Crippen molar-refractivity contribution in [2.24, 2.45) is 5.41 Å². The van der Waals surface area contributed by atoms with E-state index >= 15 is 0 Å². The second kappa shape index (κ2) is 6.19. The van der Waals surface area contributed by atoms with Crippen LogP contribution in [0.5, 0.6) is 0 Å². The van der Waals surface area contributed by atoms with Crippen LogP contribution in [0.1, 0.15) is 46.4 Å². The summed E-state index contributed by atoms with van der Waals surface area (Å²) >= 11 is 0. The Labute approximate surface area is 111 Å². The molecule has 0 radical (unpaired) electrons. The molecule has 3 heteroatoms. The molecule has 1 N–H and O–H groups in total. The van der Waals surface area contributed by atoms with Gasteiger partial charge in [0.1, 0.15) is 0 Å². The van der Waals surface area contributed by atoms with Crippen LogP contribution in [0.4, 0.5) is 0 Å². The highest BCUT2D eigenvalue weighted by Gasteiger charge is 2.22. The lowest BCUT2D eigenvalue weighted by molar-refractivity contribution is 0.367. The van der Waals surface area contributed by atoms with E-state index in [4.69, 9.17) is 0 Å². The molecule has 0 aliphatic carbocycles. The Hall–Kier alpha value is -1.09. The van der Waals surface area contributed by atoms with E-state index in [2.05, 4.69) is 63.9 Å². The maximum Gasteiger partial charge on any atom is 0.0633 e. The molecule has 1 atom stereocenters. The molecule has 3 nitrogen and oxygen atoms in total. The van der Waals surface area contributed by atoms with Crippen molar-refractivity contribution in [1.82, 2.24) is 15.1 Å². The second-order valence-corrected chi connectivity index (χ2v) is 5.95. The van der Waals surface area contributed by atoms with Crippen molar-refractivity contribution in [3.8, 4) is 0 Å². The summed E-state index contributed by atoms with van der Waals surface area (Å²) in [5.74, 6) is 0. The molecule has 0 aliphatic rings. The fourth-order valence-electron chi connectivity index (χ4n) is 1.82. The standard InChI is InChI=1S/C15H27N3/c1-7-15(6,11-16-12(2)3)10-14-8-9-18(17-14)13(4)5/h7-9,12-13,16H,1,10-11H2,2-6H3. The van der Waals surface area contributed by atoms with Crippen molar-refractivity contribution < 1.29 is 0 Å². The van der Waals surface area contributed by atoms with Gasteiger partial charge in [0.25, 0.3) is 0 Å². The van der Waals surface area contributed by atoms with Crippen molar-refractivity contribution in [3.05, 3.63) is 30.6 Å². The number of hydrogen-bond donors (Lipinski definition) is 1. The van der Waals surface area contributed by atoms with Gasteiger partial charge in [0.2, 0.25) is 0 Å². The van der Waals surface area contributed by atoms with Crippen LogP contribution >= 0.6 is 0 Å². The van der Waals surface area contributed by atoms with Gasteiger partial charge in [0.05, 0.1) is 5.69 Å². The summed E-state index contributed by atoms with van der Waals surface area (Å²) in [5, 5.41) is 8.09. The first kappa shape index (κ1) is 15.0. The molecule has 0 spiro atoms. The van der Waals surface area contributed by atoms with E-state index in [0.717, 1.165) is 18.7 Å². The van der Waals surface area contributed by atoms with Gasteiger partial charge < -0.3 is 5.32 Å². The van der Waals surface area contributed by atoms with Gasteiger partial charge in [-0.3, -0.25) is 4.68 Å². The summed E-state index contributed by atoms with van der Waals surface area (Å²) in [6.07, 6.45) is 5.02. The Morgan fingerprint density at radius 3 is 2.56 bits per heavy atom. The molecule has 0 amide bonds. The predicted molar refractivity (Wildman–Crippen MR) is 77.8 cm³/mol. The van der Waals surface area contributed by atoms with Crippen molar-refractivity contribution in [1.29, 1.82) is 0 Å². The van der Waals surface area contributed by atoms with E-state index in [9.17, 15) is 0 Å². The normalized spacial score (nSPS) is 15.1. The molecule has 0 aliphatic heterocycles. The molecule has 0 aromatic carbocycles. The average Bonchev–Trinajstić information content (AvgIpc) is 2.75. The summed E-state index contributed by atoms with van der Waals surface area (Å²) in [4.78, 5) is 0. The van der Waals surface area contributed by atoms with E-state index in [-0.39, 0.29) is 5.41 Å². The van der Waals surface area contributed by atoms with Gasteiger partial charge in [0, 0.05) is 36.7 Å². The number of hydrogen-bond acceptors (Lipinski definition) is 2. The van der Waals surface area contributed by atoms with Crippen LogP contribution in [-0.4, -0.2) is 22.4 Å². The molecular weight excluding hydrogens is 222 g/mol. The minimum absolute atomic E-state index is 0.0560. The molecule has 1 unspecified atom stereocenters. The molecule has 102 valence electrons. The number of nitrogens with zero attached hydrogens (tertiary/aromatic N) is 2. The van der Waals surface area contributed by atoms with E-state index in [1.807, 2.05) is 10.8 Å². The van der Waals surface area contributed by atoms with Crippen molar-refractivity contribution in [2.45, 2.75) is 53.1 Å². The number of aromatic nitrogens is 2. The Morgan fingerprint density at radius 2 is 2.11 bits per heavy atom. The minimum atomic E-state index is 0.0560. The molecule has 0 saturated heterocycles. The Bertz CT molecular complexity index is 379. The summed E-state index contributed by atoms with van der Waals surface area (Å²) in [7, 11) is 0. The van der Waals surface area contributed by atoms with Gasteiger partial charge >= 0.3 is 0 Å². The molecular formula is C15H27N3. The van der Waals surface area contributed by atoms with E-state index in [0.29, 0.717) is 12.1 Å². The monoisotopic (exact) mass is 249 g/mol. The van der Waals surface area contributed by atoms with Crippen LogP contribution in [-0.2, 0) is 6.42 Å². The van der Waals surface area contributed by atoms with Crippen LogP contribution in [0.3, 0.4) is 0 Å². The number of nitrogens with one attached hydrogen (secondary N) is 1. The van der Waals surface area contributed by atoms with Crippen molar-refractivity contribution in [3.63, 3.8) is 0 Å². The fraction of sp³-hybridized carbons (Fsp3) is 0.667. The third-order valence-corrected chi connectivity index (χ3v) is 3.18. The summed E-state index contributed by atoms with van der Waals surface area (Å²) < 4.78 is 2.01. The van der Waals surface area contributed by atoms with Crippen LogP contribution in [0.2, 0.25) is 0 Å². The molecule has 1 aromatic heterocycles. The van der Waals surface area contributed by atoms with Crippen LogP contribution in [0.25, 0.3) is 0 Å². The topological polar surface area (TPSA) is 29.9 Å². The molecule has 1 heterocycles. The Morgan fingerprint density at radius 1 is 1.44 bits per heavy atom. The Balaban J connectivity index is 2.68. The van der Waals surface area contributed by atoms with Crippen LogP contribution in [0, 0.1) is 5.41 Å². The molecule has 0 bridgehead atoms. The zero-order chi connectivity index (χ0) is 13.8. The highest BCUT2D eigenvalue weighted by molar-refractivity contribution is 5.08. The quantitative estimate of drug-likeness (QED) is 0.752. The van der Waals surface area contributed by atoms with Gasteiger partial charge in [-0.05, 0) is 19.9 Å². The molecule has 0 fully saturated rings. The van der Waals surface area contributed by atoms with Crippen molar-refractivity contribution in [2.75, 3.05) is 6.54 Å². The van der Waals surface area contributed by atoms with E-state index in [1.54, 1.807) is 0 Å². The van der Waals surface area contributed by atoms with Gasteiger partial charge in [-0.2, -0.15) is 5.10 Å². The van der Waals surface area contributed by atoms with Crippen LogP contribution in [0.15, 0.2) is 24.9 Å². The van der Waals surface area contributed by atoms with Crippen molar-refractivity contribution >= 4 is 0 Å². The highest BCUT2D eigenvalue weighted by Crippen LogP contribution is 2.22. The third kappa shape index (κ3) is 4.30. The Kier molecular flexibility index (Phi) is 5.15.